The summed E-state index contributed by atoms with van der Waals surface area (Å²) in [7, 11) is 0. The van der Waals surface area contributed by atoms with Gasteiger partial charge in [-0.2, -0.15) is 0 Å². The normalized spacial score (nSPS) is 22.4. The maximum Gasteiger partial charge on any atom is 0.158 e. The molecule has 0 bridgehead atoms. The van der Waals surface area contributed by atoms with E-state index >= 15 is 0 Å². The molecule has 1 aliphatic carbocycles. The lowest BCUT2D eigenvalue weighted by atomic mass is 9.90. The minimum Gasteiger partial charge on any atom is -0.494 e. The maximum atomic E-state index is 11.3. The zero-order valence-electron chi connectivity index (χ0n) is 11.3. The first-order chi connectivity index (χ1) is 9.10. The summed E-state index contributed by atoms with van der Waals surface area (Å²) < 4.78 is 5.59. The van der Waals surface area contributed by atoms with Crippen LogP contribution in [0.4, 0.5) is 0 Å². The number of rotatable bonds is 6. The van der Waals surface area contributed by atoms with Gasteiger partial charge >= 0.3 is 0 Å². The fraction of sp³-hybridized carbons (Fsp3) is 0.438. The highest BCUT2D eigenvalue weighted by atomic mass is 16.5. The second-order valence-electron chi connectivity index (χ2n) is 5.12. The van der Waals surface area contributed by atoms with Gasteiger partial charge in [0.2, 0.25) is 0 Å². The van der Waals surface area contributed by atoms with Crippen molar-refractivity contribution in [3.05, 3.63) is 42.0 Å². The Labute approximate surface area is 113 Å². The van der Waals surface area contributed by atoms with E-state index in [9.17, 15) is 9.90 Å². The Balaban J connectivity index is 1.68. The summed E-state index contributed by atoms with van der Waals surface area (Å²) in [5, 5.41) is 10.3. The number of carbonyl (C=O) groups excluding carboxylic acids is 1. The number of para-hydroxylation sites is 1. The fourth-order valence-corrected chi connectivity index (χ4v) is 2.37. The Hall–Kier alpha value is -1.61. The van der Waals surface area contributed by atoms with Gasteiger partial charge in [-0.1, -0.05) is 18.2 Å². The first-order valence-corrected chi connectivity index (χ1v) is 6.72. The van der Waals surface area contributed by atoms with Crippen LogP contribution in [0.5, 0.6) is 5.75 Å². The van der Waals surface area contributed by atoms with Crippen molar-refractivity contribution >= 4 is 5.78 Å². The Morgan fingerprint density at radius 2 is 2.00 bits per heavy atom. The van der Waals surface area contributed by atoms with Crippen LogP contribution in [0.15, 0.2) is 42.0 Å². The van der Waals surface area contributed by atoms with Crippen molar-refractivity contribution in [3.8, 4) is 5.75 Å². The van der Waals surface area contributed by atoms with Crippen LogP contribution < -0.4 is 4.74 Å². The van der Waals surface area contributed by atoms with Crippen molar-refractivity contribution < 1.29 is 14.6 Å². The molecule has 0 saturated heterocycles. The average Bonchev–Trinajstić information content (AvgIpc) is 2.64. The summed E-state index contributed by atoms with van der Waals surface area (Å²) in [6.45, 7) is 2.46. The van der Waals surface area contributed by atoms with E-state index in [1.165, 1.54) is 0 Å². The average molecular weight is 260 g/mol. The number of carbonyl (C=O) groups is 1. The molecule has 0 radical (unpaired) electrons. The third-order valence-corrected chi connectivity index (χ3v) is 3.57. The predicted octanol–water partition coefficient (Wildman–Crippen LogP) is 2.89. The Bertz CT molecular complexity index is 464. The van der Waals surface area contributed by atoms with E-state index in [-0.39, 0.29) is 12.2 Å². The molecule has 1 unspecified atom stereocenters. The number of hydrogen-bond acceptors (Lipinski definition) is 3. The molecular formula is C16H20O3. The summed E-state index contributed by atoms with van der Waals surface area (Å²) in [5.41, 5.74) is -0.120. The maximum absolute atomic E-state index is 11.3. The smallest absolute Gasteiger partial charge is 0.158 e. The zero-order valence-corrected chi connectivity index (χ0v) is 11.3. The van der Waals surface area contributed by atoms with Gasteiger partial charge in [0, 0.05) is 6.42 Å². The van der Waals surface area contributed by atoms with Crippen LogP contribution in [-0.4, -0.2) is 23.1 Å². The molecule has 1 aromatic carbocycles. The second-order valence-corrected chi connectivity index (χ2v) is 5.12. The van der Waals surface area contributed by atoms with Crippen molar-refractivity contribution in [2.45, 2.75) is 38.2 Å². The lowest BCUT2D eigenvalue weighted by Gasteiger charge is -2.23. The number of unbranched alkanes of at least 4 members (excludes halogenated alkanes) is 1. The molecule has 3 nitrogen and oxygen atoms in total. The molecule has 1 aliphatic rings. The molecule has 1 N–H and O–H groups in total. The van der Waals surface area contributed by atoms with Gasteiger partial charge in [0.25, 0.3) is 0 Å². The minimum absolute atomic E-state index is 0.0283. The lowest BCUT2D eigenvalue weighted by molar-refractivity contribution is -0.116. The van der Waals surface area contributed by atoms with Gasteiger partial charge < -0.3 is 9.84 Å². The number of benzene rings is 1. The van der Waals surface area contributed by atoms with E-state index in [1.807, 2.05) is 37.3 Å². The van der Waals surface area contributed by atoms with Crippen LogP contribution in [0, 0.1) is 0 Å². The molecule has 1 atom stereocenters. The van der Waals surface area contributed by atoms with Crippen LogP contribution in [0.3, 0.4) is 0 Å². The van der Waals surface area contributed by atoms with E-state index in [4.69, 9.17) is 4.74 Å². The summed E-state index contributed by atoms with van der Waals surface area (Å²) >= 11 is 0. The quantitative estimate of drug-likeness (QED) is 0.800. The first-order valence-electron chi connectivity index (χ1n) is 6.72. The largest absolute Gasteiger partial charge is 0.494 e. The van der Waals surface area contributed by atoms with Crippen molar-refractivity contribution in [1.29, 1.82) is 0 Å². The molecule has 0 saturated carbocycles. The molecule has 2 rings (SSSR count). The Kier molecular flexibility index (Phi) is 4.38. The van der Waals surface area contributed by atoms with Crippen molar-refractivity contribution in [2.75, 3.05) is 6.61 Å². The highest BCUT2D eigenvalue weighted by molar-refractivity contribution is 5.94. The summed E-state index contributed by atoms with van der Waals surface area (Å²) in [5.74, 6) is 0.897. The summed E-state index contributed by atoms with van der Waals surface area (Å²) in [4.78, 5) is 11.3. The van der Waals surface area contributed by atoms with Gasteiger partial charge in [0.15, 0.2) is 5.78 Å². The van der Waals surface area contributed by atoms with Crippen molar-refractivity contribution in [3.63, 3.8) is 0 Å². The minimum atomic E-state index is -0.913. The van der Waals surface area contributed by atoms with Crippen LogP contribution in [0.1, 0.15) is 32.6 Å². The van der Waals surface area contributed by atoms with E-state index < -0.39 is 5.60 Å². The number of ketones is 1. The number of hydrogen-bond donors (Lipinski definition) is 1. The van der Waals surface area contributed by atoms with Gasteiger partial charge in [-0.3, -0.25) is 4.79 Å². The van der Waals surface area contributed by atoms with Gasteiger partial charge in [0.05, 0.1) is 12.2 Å². The molecule has 0 spiro atoms. The lowest BCUT2D eigenvalue weighted by Crippen LogP contribution is -2.28. The van der Waals surface area contributed by atoms with Gasteiger partial charge in [0.1, 0.15) is 5.75 Å². The third-order valence-electron chi connectivity index (χ3n) is 3.57. The topological polar surface area (TPSA) is 46.5 Å². The van der Waals surface area contributed by atoms with Gasteiger partial charge in [-0.15, -0.1) is 0 Å². The molecule has 1 aromatic rings. The molecule has 3 heteroatoms. The summed E-state index contributed by atoms with van der Waals surface area (Å²) in [6.07, 6.45) is 4.14. The number of aliphatic hydroxyl groups is 1. The second kappa shape index (κ2) is 6.02. The van der Waals surface area contributed by atoms with Crippen LogP contribution in [0.25, 0.3) is 0 Å². The first kappa shape index (κ1) is 13.8. The molecule has 0 aliphatic heterocycles. The SMILES string of the molecule is CC1=CC(=O)CC1(O)CCCCOc1ccccc1. The highest BCUT2D eigenvalue weighted by Gasteiger charge is 2.35. The summed E-state index contributed by atoms with van der Waals surface area (Å²) in [6, 6.07) is 9.69. The zero-order chi connectivity index (χ0) is 13.7. The molecular weight excluding hydrogens is 240 g/mol. The van der Waals surface area contributed by atoms with Crippen molar-refractivity contribution in [1.82, 2.24) is 0 Å². The number of ether oxygens (including phenoxy) is 1. The van der Waals surface area contributed by atoms with E-state index in [1.54, 1.807) is 6.08 Å². The fourth-order valence-electron chi connectivity index (χ4n) is 2.37. The van der Waals surface area contributed by atoms with Crippen LogP contribution in [0.2, 0.25) is 0 Å². The standard InChI is InChI=1S/C16H20O3/c1-13-11-14(17)12-16(13,18)9-5-6-10-19-15-7-3-2-4-8-15/h2-4,7-8,11,18H,5-6,9-10,12H2,1H3. The predicted molar refractivity (Wildman–Crippen MR) is 74.1 cm³/mol. The molecule has 0 aromatic heterocycles. The molecule has 19 heavy (non-hydrogen) atoms. The van der Waals surface area contributed by atoms with E-state index in [0.29, 0.717) is 13.0 Å². The number of allylic oxidation sites excluding steroid dienone is 1. The molecule has 0 amide bonds. The van der Waals surface area contributed by atoms with Gasteiger partial charge in [-0.25, -0.2) is 0 Å². The van der Waals surface area contributed by atoms with Crippen molar-refractivity contribution in [2.24, 2.45) is 0 Å². The van der Waals surface area contributed by atoms with E-state index in [2.05, 4.69) is 0 Å². The molecule has 0 heterocycles. The highest BCUT2D eigenvalue weighted by Crippen LogP contribution is 2.32. The van der Waals surface area contributed by atoms with Crippen LogP contribution in [-0.2, 0) is 4.79 Å². The molecule has 102 valence electrons. The molecule has 0 fully saturated rings. The monoisotopic (exact) mass is 260 g/mol. The Morgan fingerprint density at radius 3 is 2.63 bits per heavy atom. The Morgan fingerprint density at radius 1 is 1.26 bits per heavy atom. The third kappa shape index (κ3) is 3.67. The van der Waals surface area contributed by atoms with E-state index in [0.717, 1.165) is 24.2 Å². The van der Waals surface area contributed by atoms with Crippen LogP contribution >= 0.6 is 0 Å². The van der Waals surface area contributed by atoms with Gasteiger partial charge in [-0.05, 0) is 50.0 Å².